The molecule has 5 nitrogen and oxygen atoms in total. The van der Waals surface area contributed by atoms with E-state index in [0.717, 1.165) is 10.9 Å². The summed E-state index contributed by atoms with van der Waals surface area (Å²) in [5.41, 5.74) is 1.10. The first-order valence-electron chi connectivity index (χ1n) is 6.71. The number of aromatic nitrogens is 2. The van der Waals surface area contributed by atoms with Crippen LogP contribution in [-0.4, -0.2) is 22.5 Å². The Hall–Kier alpha value is -2.37. The lowest BCUT2D eigenvalue weighted by atomic mass is 10.2. The molecule has 3 rings (SSSR count). The zero-order valence-electron chi connectivity index (χ0n) is 11.8. The number of fused-ring (bicyclic) bond motifs is 1. The summed E-state index contributed by atoms with van der Waals surface area (Å²) in [4.78, 5) is 20.2. The number of anilines is 1. The number of halogens is 2. The van der Waals surface area contributed by atoms with Crippen molar-refractivity contribution in [2.75, 3.05) is 11.9 Å². The number of amides is 1. The number of carbonyl (C=O) groups is 1. The molecular formula is C16H11Cl2N3O2. The van der Waals surface area contributed by atoms with Crippen LogP contribution in [0.4, 0.5) is 5.69 Å². The van der Waals surface area contributed by atoms with Crippen molar-refractivity contribution >= 4 is 45.7 Å². The van der Waals surface area contributed by atoms with Crippen LogP contribution in [-0.2, 0) is 4.79 Å². The molecule has 0 bridgehead atoms. The van der Waals surface area contributed by atoms with E-state index in [2.05, 4.69) is 15.3 Å². The van der Waals surface area contributed by atoms with Gasteiger partial charge in [-0.2, -0.15) is 0 Å². The number of rotatable bonds is 4. The summed E-state index contributed by atoms with van der Waals surface area (Å²) in [5, 5.41) is 4.08. The zero-order chi connectivity index (χ0) is 16.2. The molecule has 0 unspecified atom stereocenters. The van der Waals surface area contributed by atoms with E-state index in [1.54, 1.807) is 18.2 Å². The van der Waals surface area contributed by atoms with Crippen molar-refractivity contribution in [3.05, 3.63) is 58.8 Å². The molecule has 23 heavy (non-hydrogen) atoms. The van der Waals surface area contributed by atoms with Crippen molar-refractivity contribution in [1.29, 1.82) is 0 Å². The predicted octanol–water partition coefficient (Wildman–Crippen LogP) is 3.95. The van der Waals surface area contributed by atoms with E-state index in [0.29, 0.717) is 21.6 Å². The van der Waals surface area contributed by atoms with Gasteiger partial charge in [-0.05, 0) is 24.3 Å². The molecule has 1 amide bonds. The standard InChI is InChI=1S/C16H11Cl2N3O2/c17-11-5-3-6-12(18)15(11)21-14(22)8-23-16-10-4-1-2-7-13(10)19-9-20-16/h1-7,9H,8H2,(H,21,22). The molecule has 0 fully saturated rings. The van der Waals surface area contributed by atoms with Crippen molar-refractivity contribution in [3.8, 4) is 5.88 Å². The smallest absolute Gasteiger partial charge is 0.262 e. The zero-order valence-corrected chi connectivity index (χ0v) is 13.3. The highest BCUT2D eigenvalue weighted by molar-refractivity contribution is 6.39. The van der Waals surface area contributed by atoms with Crippen LogP contribution in [0.15, 0.2) is 48.8 Å². The molecule has 0 aliphatic carbocycles. The maximum absolute atomic E-state index is 12.0. The molecule has 0 spiro atoms. The Morgan fingerprint density at radius 1 is 1.04 bits per heavy atom. The van der Waals surface area contributed by atoms with Gasteiger partial charge in [0.05, 0.1) is 26.6 Å². The average Bonchev–Trinajstić information content (AvgIpc) is 2.56. The topological polar surface area (TPSA) is 64.1 Å². The molecule has 2 aromatic carbocycles. The molecule has 0 saturated heterocycles. The van der Waals surface area contributed by atoms with Gasteiger partial charge in [-0.15, -0.1) is 0 Å². The van der Waals surface area contributed by atoms with E-state index >= 15 is 0 Å². The molecule has 0 aliphatic heterocycles. The second-order valence-corrected chi connectivity index (χ2v) is 5.44. The fraction of sp³-hybridized carbons (Fsp3) is 0.0625. The van der Waals surface area contributed by atoms with Gasteiger partial charge < -0.3 is 10.1 Å². The van der Waals surface area contributed by atoms with Crippen LogP contribution >= 0.6 is 23.2 Å². The summed E-state index contributed by atoms with van der Waals surface area (Å²) in [7, 11) is 0. The van der Waals surface area contributed by atoms with E-state index in [4.69, 9.17) is 27.9 Å². The van der Waals surface area contributed by atoms with Crippen LogP contribution in [0.25, 0.3) is 10.9 Å². The van der Waals surface area contributed by atoms with Gasteiger partial charge in [0.2, 0.25) is 5.88 Å². The highest BCUT2D eigenvalue weighted by Crippen LogP contribution is 2.29. The van der Waals surface area contributed by atoms with E-state index in [1.165, 1.54) is 6.33 Å². The number of nitrogens with zero attached hydrogens (tertiary/aromatic N) is 2. The molecule has 7 heteroatoms. The number of hydrogen-bond acceptors (Lipinski definition) is 4. The molecule has 0 aliphatic rings. The van der Waals surface area contributed by atoms with Gasteiger partial charge in [-0.1, -0.05) is 41.4 Å². The number of carbonyl (C=O) groups excluding carboxylic acids is 1. The molecule has 0 atom stereocenters. The van der Waals surface area contributed by atoms with Gasteiger partial charge in [-0.3, -0.25) is 4.79 Å². The lowest BCUT2D eigenvalue weighted by molar-refractivity contribution is -0.118. The van der Waals surface area contributed by atoms with Crippen molar-refractivity contribution in [2.45, 2.75) is 0 Å². The molecule has 116 valence electrons. The van der Waals surface area contributed by atoms with Gasteiger partial charge in [0.15, 0.2) is 6.61 Å². The molecular weight excluding hydrogens is 337 g/mol. The first-order chi connectivity index (χ1) is 11.1. The quantitative estimate of drug-likeness (QED) is 0.775. The maximum atomic E-state index is 12.0. The Kier molecular flexibility index (Phi) is 4.60. The Balaban J connectivity index is 1.71. The first-order valence-corrected chi connectivity index (χ1v) is 7.47. The Morgan fingerprint density at radius 3 is 2.57 bits per heavy atom. The molecule has 1 N–H and O–H groups in total. The van der Waals surface area contributed by atoms with E-state index in [9.17, 15) is 4.79 Å². The summed E-state index contributed by atoms with van der Waals surface area (Å²) >= 11 is 12.0. The second-order valence-electron chi connectivity index (χ2n) is 4.63. The van der Waals surface area contributed by atoms with Gasteiger partial charge in [-0.25, -0.2) is 9.97 Å². The summed E-state index contributed by atoms with van der Waals surface area (Å²) in [6.07, 6.45) is 1.39. The van der Waals surface area contributed by atoms with Gasteiger partial charge >= 0.3 is 0 Å². The lowest BCUT2D eigenvalue weighted by Crippen LogP contribution is -2.21. The highest BCUT2D eigenvalue weighted by atomic mass is 35.5. The maximum Gasteiger partial charge on any atom is 0.262 e. The monoisotopic (exact) mass is 347 g/mol. The second kappa shape index (κ2) is 6.81. The minimum absolute atomic E-state index is 0.220. The summed E-state index contributed by atoms with van der Waals surface area (Å²) in [5.74, 6) is -0.0429. The van der Waals surface area contributed by atoms with Crippen LogP contribution < -0.4 is 10.1 Å². The summed E-state index contributed by atoms with van der Waals surface area (Å²) in [6, 6.07) is 12.4. The van der Waals surface area contributed by atoms with Crippen molar-refractivity contribution in [2.24, 2.45) is 0 Å². The van der Waals surface area contributed by atoms with E-state index in [-0.39, 0.29) is 12.5 Å². The van der Waals surface area contributed by atoms with Crippen molar-refractivity contribution in [1.82, 2.24) is 9.97 Å². The Morgan fingerprint density at radius 2 is 1.78 bits per heavy atom. The molecule has 1 heterocycles. The minimum Gasteiger partial charge on any atom is -0.467 e. The first kappa shape index (κ1) is 15.5. The third-order valence-corrected chi connectivity index (χ3v) is 3.70. The largest absolute Gasteiger partial charge is 0.467 e. The number of para-hydroxylation sites is 2. The number of nitrogens with one attached hydrogen (secondary N) is 1. The third kappa shape index (κ3) is 3.52. The molecule has 0 radical (unpaired) electrons. The number of ether oxygens (including phenoxy) is 1. The number of benzene rings is 2. The van der Waals surface area contributed by atoms with Crippen molar-refractivity contribution in [3.63, 3.8) is 0 Å². The molecule has 0 saturated carbocycles. The van der Waals surface area contributed by atoms with Crippen LogP contribution in [0, 0.1) is 0 Å². The van der Waals surface area contributed by atoms with Gasteiger partial charge in [0.25, 0.3) is 5.91 Å². The Labute approximate surface area is 142 Å². The molecule has 1 aromatic heterocycles. The average molecular weight is 348 g/mol. The minimum atomic E-state index is -0.386. The van der Waals surface area contributed by atoms with Crippen LogP contribution in [0.1, 0.15) is 0 Å². The van der Waals surface area contributed by atoms with E-state index < -0.39 is 0 Å². The summed E-state index contributed by atoms with van der Waals surface area (Å²) in [6.45, 7) is -0.220. The Bertz CT molecular complexity index is 845. The van der Waals surface area contributed by atoms with E-state index in [1.807, 2.05) is 24.3 Å². The van der Waals surface area contributed by atoms with Gasteiger partial charge in [0.1, 0.15) is 6.33 Å². The predicted molar refractivity (Wildman–Crippen MR) is 90.1 cm³/mol. The van der Waals surface area contributed by atoms with Crippen LogP contribution in [0.3, 0.4) is 0 Å². The van der Waals surface area contributed by atoms with Crippen LogP contribution in [0.2, 0.25) is 10.0 Å². The SMILES string of the molecule is O=C(COc1ncnc2ccccc12)Nc1c(Cl)cccc1Cl. The fourth-order valence-electron chi connectivity index (χ4n) is 2.02. The summed E-state index contributed by atoms with van der Waals surface area (Å²) < 4.78 is 5.48. The fourth-order valence-corrected chi connectivity index (χ4v) is 2.51. The third-order valence-electron chi connectivity index (χ3n) is 3.07. The molecule has 3 aromatic rings. The number of hydrogen-bond donors (Lipinski definition) is 1. The van der Waals surface area contributed by atoms with Crippen LogP contribution in [0.5, 0.6) is 5.88 Å². The lowest BCUT2D eigenvalue weighted by Gasteiger charge is -2.10. The highest BCUT2D eigenvalue weighted by Gasteiger charge is 2.11. The van der Waals surface area contributed by atoms with Gasteiger partial charge in [0, 0.05) is 0 Å². The van der Waals surface area contributed by atoms with Crippen molar-refractivity contribution < 1.29 is 9.53 Å². The normalized spacial score (nSPS) is 10.5.